The van der Waals surface area contributed by atoms with Crippen molar-refractivity contribution in [2.24, 2.45) is 0 Å². The third kappa shape index (κ3) is 0.865. The first-order valence-electron chi connectivity index (χ1n) is 4.45. The molecule has 2 nitrogen and oxygen atoms in total. The van der Waals surface area contributed by atoms with E-state index >= 15 is 0 Å². The van der Waals surface area contributed by atoms with Crippen LogP contribution in [0.2, 0.25) is 0 Å². The van der Waals surface area contributed by atoms with E-state index in [-0.39, 0.29) is 0 Å². The van der Waals surface area contributed by atoms with Crippen LogP contribution >= 0.6 is 7.14 Å². The molecule has 0 radical (unpaired) electrons. The first-order chi connectivity index (χ1) is 6.83. The quantitative estimate of drug-likeness (QED) is 0.550. The van der Waals surface area contributed by atoms with Gasteiger partial charge in [-0.15, -0.1) is 0 Å². The van der Waals surface area contributed by atoms with Gasteiger partial charge in [-0.2, -0.15) is 0 Å². The van der Waals surface area contributed by atoms with Crippen molar-refractivity contribution in [3.8, 4) is 0 Å². The molecule has 0 saturated heterocycles. The Kier molecular flexibility index (Phi) is 1.45. The Morgan fingerprint density at radius 3 is 2.14 bits per heavy atom. The molecule has 1 aromatic heterocycles. The number of nitrogens with zero attached hydrogens (tertiary/aromatic N) is 1. The summed E-state index contributed by atoms with van der Waals surface area (Å²) in [6.07, 6.45) is 1.69. The van der Waals surface area contributed by atoms with E-state index in [9.17, 15) is 4.57 Å². The Morgan fingerprint density at radius 2 is 1.57 bits per heavy atom. The Morgan fingerprint density at radius 1 is 0.929 bits per heavy atom. The number of hydrogen-bond acceptors (Lipinski definition) is 2. The second-order valence-electron chi connectivity index (χ2n) is 3.29. The van der Waals surface area contributed by atoms with Crippen LogP contribution < -0.4 is 16.0 Å². The zero-order valence-electron chi connectivity index (χ0n) is 7.42. The van der Waals surface area contributed by atoms with E-state index in [1.165, 1.54) is 0 Å². The average Bonchev–Trinajstić information content (AvgIpc) is 2.89. The van der Waals surface area contributed by atoms with Crippen LogP contribution in [0.3, 0.4) is 0 Å². The van der Waals surface area contributed by atoms with Crippen LogP contribution in [-0.4, -0.2) is 4.98 Å². The minimum Gasteiger partial charge on any atom is -0.307 e. The molecule has 68 valence electrons. The summed E-state index contributed by atoms with van der Waals surface area (Å²) < 4.78 is 12.5. The Bertz CT molecular complexity index is 509. The number of benzene rings is 1. The summed E-state index contributed by atoms with van der Waals surface area (Å²) in [5, 5.41) is 1.94. The van der Waals surface area contributed by atoms with Gasteiger partial charge >= 0.3 is 0 Å². The molecule has 0 spiro atoms. The fourth-order valence-corrected chi connectivity index (χ4v) is 4.29. The third-order valence-corrected chi connectivity index (χ3v) is 5.31. The van der Waals surface area contributed by atoms with Gasteiger partial charge in [-0.25, -0.2) is 0 Å². The molecule has 1 aromatic carbocycles. The normalized spacial score (nSPS) is 16.0. The highest BCUT2D eigenvalue weighted by Gasteiger charge is 2.47. The smallest absolute Gasteiger partial charge is 0.190 e. The van der Waals surface area contributed by atoms with Crippen molar-refractivity contribution in [3.63, 3.8) is 0 Å². The number of pyridine rings is 1. The van der Waals surface area contributed by atoms with Crippen molar-refractivity contribution >= 4 is 23.2 Å². The molecule has 0 saturated carbocycles. The molecule has 0 atom stereocenters. The minimum absolute atomic E-state index is 0.709. The summed E-state index contributed by atoms with van der Waals surface area (Å²) in [6, 6.07) is 13.2. The molecule has 0 aliphatic carbocycles. The summed E-state index contributed by atoms with van der Waals surface area (Å²) in [7, 11) is -2.38. The van der Waals surface area contributed by atoms with Gasteiger partial charge in [0.2, 0.25) is 0 Å². The third-order valence-electron chi connectivity index (χ3n) is 2.48. The van der Waals surface area contributed by atoms with Crippen LogP contribution in [0.1, 0.15) is 0 Å². The number of hydrogen-bond donors (Lipinski definition) is 0. The van der Waals surface area contributed by atoms with E-state index in [2.05, 4.69) is 4.98 Å². The predicted octanol–water partition coefficient (Wildman–Crippen LogP) is 1.03. The lowest BCUT2D eigenvalue weighted by Gasteiger charge is -1.95. The maximum absolute atomic E-state index is 12.5. The molecule has 0 bridgehead atoms. The van der Waals surface area contributed by atoms with Crippen LogP contribution in [0, 0.1) is 0 Å². The van der Waals surface area contributed by atoms with Crippen molar-refractivity contribution in [1.82, 2.24) is 4.98 Å². The fourth-order valence-electron chi connectivity index (χ4n) is 1.73. The van der Waals surface area contributed by atoms with Crippen molar-refractivity contribution in [2.45, 2.75) is 0 Å². The van der Waals surface area contributed by atoms with Crippen molar-refractivity contribution < 1.29 is 4.57 Å². The molecule has 3 rings (SSSR count). The van der Waals surface area contributed by atoms with Gasteiger partial charge in [0.1, 0.15) is 5.44 Å². The van der Waals surface area contributed by atoms with Gasteiger partial charge in [-0.3, -0.25) is 4.98 Å². The minimum atomic E-state index is -2.38. The predicted molar refractivity (Wildman–Crippen MR) is 57.2 cm³/mol. The molecule has 14 heavy (non-hydrogen) atoms. The lowest BCUT2D eigenvalue weighted by Crippen LogP contribution is -2.04. The van der Waals surface area contributed by atoms with Crippen LogP contribution in [0.15, 0.2) is 48.7 Å². The van der Waals surface area contributed by atoms with E-state index in [0.29, 0.717) is 5.44 Å². The van der Waals surface area contributed by atoms with Gasteiger partial charge < -0.3 is 4.57 Å². The molecule has 1 aliphatic rings. The van der Waals surface area contributed by atoms with Crippen LogP contribution in [0.4, 0.5) is 0 Å². The van der Waals surface area contributed by atoms with E-state index < -0.39 is 7.14 Å². The highest BCUT2D eigenvalue weighted by Crippen LogP contribution is 2.52. The van der Waals surface area contributed by atoms with Crippen LogP contribution in [0.25, 0.3) is 0 Å². The molecule has 0 amide bonds. The molecular weight excluding hydrogens is 193 g/mol. The molecule has 0 unspecified atom stereocenters. The summed E-state index contributed by atoms with van der Waals surface area (Å²) in [4.78, 5) is 4.16. The van der Waals surface area contributed by atoms with Crippen molar-refractivity contribution in [1.29, 1.82) is 0 Å². The molecule has 3 heteroatoms. The first-order valence-corrected chi connectivity index (χ1v) is 6.16. The number of aromatic nitrogens is 1. The second kappa shape index (κ2) is 2.55. The molecular formula is C11H8NOP. The number of fused-ring (bicyclic) bond motifs is 1. The largest absolute Gasteiger partial charge is 0.307 e. The van der Waals surface area contributed by atoms with E-state index in [4.69, 9.17) is 0 Å². The topological polar surface area (TPSA) is 30.0 Å². The van der Waals surface area contributed by atoms with Gasteiger partial charge in [0.25, 0.3) is 0 Å². The maximum atomic E-state index is 12.5. The Labute approximate surface area is 82.0 Å². The Hall–Kier alpha value is -1.40. The van der Waals surface area contributed by atoms with Gasteiger partial charge in [-0.05, 0) is 12.1 Å². The summed E-state index contributed by atoms with van der Waals surface area (Å²) in [5.74, 6) is 0. The second-order valence-corrected chi connectivity index (χ2v) is 5.93. The molecule has 1 aliphatic heterocycles. The SMILES string of the molecule is O=P1(c2ccccn2)c2ccccc21. The summed E-state index contributed by atoms with van der Waals surface area (Å²) in [6.45, 7) is 0. The molecule has 0 N–H and O–H groups in total. The van der Waals surface area contributed by atoms with Crippen LogP contribution in [0.5, 0.6) is 0 Å². The lowest BCUT2D eigenvalue weighted by atomic mass is 10.4. The van der Waals surface area contributed by atoms with E-state index in [1.807, 2.05) is 42.5 Å². The highest BCUT2D eigenvalue weighted by molar-refractivity contribution is 7.95. The standard InChI is InChI=1S/C11H8NOP/c13-14(11-7-3-4-8-12-11)9-5-1-2-6-10(9)14/h1-8H. The summed E-state index contributed by atoms with van der Waals surface area (Å²) >= 11 is 0. The van der Waals surface area contributed by atoms with Gasteiger partial charge in [0.15, 0.2) is 7.14 Å². The molecule has 0 fully saturated rings. The fraction of sp³-hybridized carbons (Fsp3) is 0. The van der Waals surface area contributed by atoms with E-state index in [1.54, 1.807) is 6.20 Å². The highest BCUT2D eigenvalue weighted by atomic mass is 31.2. The van der Waals surface area contributed by atoms with Gasteiger partial charge in [0, 0.05) is 16.8 Å². The van der Waals surface area contributed by atoms with Crippen molar-refractivity contribution in [2.75, 3.05) is 0 Å². The zero-order chi connectivity index (χ0) is 9.60. The molecule has 2 heterocycles. The van der Waals surface area contributed by atoms with Crippen LogP contribution in [-0.2, 0) is 4.57 Å². The maximum Gasteiger partial charge on any atom is 0.190 e. The van der Waals surface area contributed by atoms with Gasteiger partial charge in [0.05, 0.1) is 0 Å². The number of rotatable bonds is 1. The monoisotopic (exact) mass is 201 g/mol. The zero-order valence-corrected chi connectivity index (χ0v) is 8.32. The first kappa shape index (κ1) is 7.95. The van der Waals surface area contributed by atoms with Gasteiger partial charge in [-0.1, -0.05) is 30.3 Å². The summed E-state index contributed by atoms with van der Waals surface area (Å²) in [5.41, 5.74) is 0.709. The van der Waals surface area contributed by atoms with Crippen molar-refractivity contribution in [3.05, 3.63) is 48.7 Å². The lowest BCUT2D eigenvalue weighted by molar-refractivity contribution is 0.595. The average molecular weight is 201 g/mol. The molecule has 2 aromatic rings. The Balaban J connectivity index is 2.18. The van der Waals surface area contributed by atoms with E-state index in [0.717, 1.165) is 10.6 Å².